The fourth-order valence-electron chi connectivity index (χ4n) is 1.64. The zero-order valence-electron chi connectivity index (χ0n) is 11.1. The van der Waals surface area contributed by atoms with Gasteiger partial charge in [-0.2, -0.15) is 5.10 Å². The molecule has 0 aliphatic rings. The number of carbonyl (C=O) groups excluding carboxylic acids is 1. The van der Waals surface area contributed by atoms with E-state index >= 15 is 0 Å². The molecule has 7 nitrogen and oxygen atoms in total. The number of benzene rings is 2. The third-order valence-electron chi connectivity index (χ3n) is 2.70. The number of rotatable bonds is 4. The van der Waals surface area contributed by atoms with Gasteiger partial charge in [-0.25, -0.2) is 5.43 Å². The molecule has 0 saturated heterocycles. The number of hydrogen-bond donors (Lipinski definition) is 2. The Balaban J connectivity index is 2.10. The van der Waals surface area contributed by atoms with Crippen molar-refractivity contribution < 1.29 is 14.8 Å². The van der Waals surface area contributed by atoms with Crippen LogP contribution < -0.4 is 5.43 Å². The first-order valence-corrected chi connectivity index (χ1v) is 6.42. The summed E-state index contributed by atoms with van der Waals surface area (Å²) in [4.78, 5) is 21.9. The number of phenols is 1. The molecule has 0 radical (unpaired) electrons. The van der Waals surface area contributed by atoms with E-state index < -0.39 is 10.8 Å². The lowest BCUT2D eigenvalue weighted by Crippen LogP contribution is -2.17. The Morgan fingerprint density at radius 1 is 1.32 bits per heavy atom. The SMILES string of the molecule is O=C(NN=Cc1ccc(Cl)c([N+](=O)[O-])c1)c1ccccc1O. The van der Waals surface area contributed by atoms with Crippen molar-refractivity contribution in [2.75, 3.05) is 0 Å². The minimum Gasteiger partial charge on any atom is -0.507 e. The van der Waals surface area contributed by atoms with Crippen molar-refractivity contribution in [1.82, 2.24) is 5.43 Å². The zero-order valence-corrected chi connectivity index (χ0v) is 11.8. The highest BCUT2D eigenvalue weighted by Gasteiger charge is 2.12. The second-order valence-electron chi connectivity index (χ2n) is 4.18. The van der Waals surface area contributed by atoms with Gasteiger partial charge < -0.3 is 5.11 Å². The molecule has 2 N–H and O–H groups in total. The van der Waals surface area contributed by atoms with Gasteiger partial charge in [0.15, 0.2) is 0 Å². The molecule has 0 fully saturated rings. The van der Waals surface area contributed by atoms with Crippen LogP contribution in [0.4, 0.5) is 5.69 Å². The van der Waals surface area contributed by atoms with E-state index in [1.54, 1.807) is 12.1 Å². The largest absolute Gasteiger partial charge is 0.507 e. The molecule has 0 unspecified atom stereocenters. The van der Waals surface area contributed by atoms with Crippen LogP contribution in [0.3, 0.4) is 0 Å². The summed E-state index contributed by atoms with van der Waals surface area (Å²) in [5.41, 5.74) is 2.44. The molecule has 8 heteroatoms. The normalized spacial score (nSPS) is 10.6. The first-order valence-electron chi connectivity index (χ1n) is 6.04. The molecule has 0 spiro atoms. The molecular weight excluding hydrogens is 310 g/mol. The third-order valence-corrected chi connectivity index (χ3v) is 3.01. The Kier molecular flexibility index (Phi) is 4.70. The van der Waals surface area contributed by atoms with Gasteiger partial charge in [-0.3, -0.25) is 14.9 Å². The number of nitrogens with zero attached hydrogens (tertiary/aromatic N) is 2. The van der Waals surface area contributed by atoms with E-state index in [-0.39, 0.29) is 22.0 Å². The Morgan fingerprint density at radius 2 is 2.05 bits per heavy atom. The number of nitro groups is 1. The molecule has 2 aromatic rings. The Labute approximate surface area is 130 Å². The van der Waals surface area contributed by atoms with Gasteiger partial charge in [0, 0.05) is 11.6 Å². The predicted octanol–water partition coefficient (Wildman–Crippen LogP) is 2.72. The maximum atomic E-state index is 11.8. The van der Waals surface area contributed by atoms with Crippen molar-refractivity contribution in [2.45, 2.75) is 0 Å². The summed E-state index contributed by atoms with van der Waals surface area (Å²) < 4.78 is 0. The minimum absolute atomic E-state index is 0.0143. The van der Waals surface area contributed by atoms with E-state index in [0.717, 1.165) is 0 Å². The molecule has 0 heterocycles. The van der Waals surface area contributed by atoms with Gasteiger partial charge in [0.2, 0.25) is 0 Å². The second kappa shape index (κ2) is 6.68. The standard InChI is InChI=1S/C14H10ClN3O4/c15-11-6-5-9(7-12(11)18(21)22)8-16-17-14(20)10-3-1-2-4-13(10)19/h1-8,19H,(H,17,20). The summed E-state index contributed by atoms with van der Waals surface area (Å²) in [6.45, 7) is 0. The molecule has 0 bridgehead atoms. The molecule has 112 valence electrons. The lowest BCUT2D eigenvalue weighted by Gasteiger charge is -2.02. The fraction of sp³-hybridized carbons (Fsp3) is 0. The van der Waals surface area contributed by atoms with Crippen molar-refractivity contribution in [3.05, 3.63) is 68.7 Å². The molecule has 2 aromatic carbocycles. The number of halogens is 1. The van der Waals surface area contributed by atoms with Crippen molar-refractivity contribution in [3.63, 3.8) is 0 Å². The molecule has 0 atom stereocenters. The Bertz CT molecular complexity index is 762. The molecule has 0 saturated carbocycles. The molecule has 2 rings (SSSR count). The molecular formula is C14H10ClN3O4. The fourth-order valence-corrected chi connectivity index (χ4v) is 1.83. The first kappa shape index (κ1) is 15.5. The number of nitrogens with one attached hydrogen (secondary N) is 1. The molecule has 22 heavy (non-hydrogen) atoms. The van der Waals surface area contributed by atoms with Crippen LogP contribution in [0.15, 0.2) is 47.6 Å². The molecule has 0 aliphatic heterocycles. The van der Waals surface area contributed by atoms with Gasteiger partial charge in [0.05, 0.1) is 16.7 Å². The number of phenolic OH excluding ortho intramolecular Hbond substituents is 1. The van der Waals surface area contributed by atoms with E-state index in [1.165, 1.54) is 36.5 Å². The van der Waals surface area contributed by atoms with Crippen LogP contribution in [0.25, 0.3) is 0 Å². The van der Waals surface area contributed by atoms with Crippen LogP contribution in [-0.4, -0.2) is 22.2 Å². The lowest BCUT2D eigenvalue weighted by molar-refractivity contribution is -0.384. The Hall–Kier alpha value is -2.93. The Morgan fingerprint density at radius 3 is 2.73 bits per heavy atom. The van der Waals surface area contributed by atoms with Gasteiger partial charge in [-0.1, -0.05) is 29.8 Å². The van der Waals surface area contributed by atoms with E-state index in [1.807, 2.05) is 0 Å². The van der Waals surface area contributed by atoms with Crippen LogP contribution in [0.2, 0.25) is 5.02 Å². The number of nitro benzene ring substituents is 1. The highest BCUT2D eigenvalue weighted by Crippen LogP contribution is 2.24. The van der Waals surface area contributed by atoms with E-state index in [0.29, 0.717) is 5.56 Å². The number of amides is 1. The monoisotopic (exact) mass is 319 g/mol. The summed E-state index contributed by atoms with van der Waals surface area (Å²) in [6, 6.07) is 10.1. The van der Waals surface area contributed by atoms with Crippen molar-refractivity contribution in [1.29, 1.82) is 0 Å². The van der Waals surface area contributed by atoms with Gasteiger partial charge in [-0.15, -0.1) is 0 Å². The van der Waals surface area contributed by atoms with Crippen LogP contribution >= 0.6 is 11.6 Å². The van der Waals surface area contributed by atoms with Crippen LogP contribution in [0, 0.1) is 10.1 Å². The number of aromatic hydroxyl groups is 1. The average Bonchev–Trinajstić information content (AvgIpc) is 2.49. The van der Waals surface area contributed by atoms with Gasteiger partial charge >= 0.3 is 0 Å². The molecule has 0 aliphatic carbocycles. The average molecular weight is 320 g/mol. The lowest BCUT2D eigenvalue weighted by atomic mass is 10.2. The van der Waals surface area contributed by atoms with Crippen LogP contribution in [-0.2, 0) is 0 Å². The quantitative estimate of drug-likeness (QED) is 0.513. The maximum absolute atomic E-state index is 11.8. The molecule has 0 aromatic heterocycles. The number of hydrazone groups is 1. The van der Waals surface area contributed by atoms with Crippen LogP contribution in [0.5, 0.6) is 5.75 Å². The smallest absolute Gasteiger partial charge is 0.288 e. The third kappa shape index (κ3) is 3.58. The maximum Gasteiger partial charge on any atom is 0.288 e. The second-order valence-corrected chi connectivity index (χ2v) is 4.59. The van der Waals surface area contributed by atoms with Crippen molar-refractivity contribution in [3.8, 4) is 5.75 Å². The van der Waals surface area contributed by atoms with Crippen LogP contribution in [0.1, 0.15) is 15.9 Å². The van der Waals surface area contributed by atoms with Crippen molar-refractivity contribution >= 4 is 29.4 Å². The number of hydrogen-bond acceptors (Lipinski definition) is 5. The van der Waals surface area contributed by atoms with E-state index in [2.05, 4.69) is 10.5 Å². The van der Waals surface area contributed by atoms with Crippen molar-refractivity contribution in [2.24, 2.45) is 5.10 Å². The number of carbonyl (C=O) groups is 1. The summed E-state index contributed by atoms with van der Waals surface area (Å²) >= 11 is 5.69. The highest BCUT2D eigenvalue weighted by atomic mass is 35.5. The highest BCUT2D eigenvalue weighted by molar-refractivity contribution is 6.32. The number of para-hydroxylation sites is 1. The topological polar surface area (TPSA) is 105 Å². The summed E-state index contributed by atoms with van der Waals surface area (Å²) in [7, 11) is 0. The predicted molar refractivity (Wildman–Crippen MR) is 81.3 cm³/mol. The summed E-state index contributed by atoms with van der Waals surface area (Å²) in [5, 5.41) is 24.0. The summed E-state index contributed by atoms with van der Waals surface area (Å²) in [5.74, 6) is -0.768. The molecule has 1 amide bonds. The van der Waals surface area contributed by atoms with Gasteiger partial charge in [-0.05, 0) is 18.2 Å². The summed E-state index contributed by atoms with van der Waals surface area (Å²) in [6.07, 6.45) is 1.24. The zero-order chi connectivity index (χ0) is 16.1. The first-order chi connectivity index (χ1) is 10.5. The minimum atomic E-state index is -0.611. The van der Waals surface area contributed by atoms with Gasteiger partial charge in [0.1, 0.15) is 10.8 Å². The van der Waals surface area contributed by atoms with E-state index in [4.69, 9.17) is 11.6 Å². The van der Waals surface area contributed by atoms with Gasteiger partial charge in [0.25, 0.3) is 11.6 Å². The van der Waals surface area contributed by atoms with E-state index in [9.17, 15) is 20.0 Å².